The first-order valence-electron chi connectivity index (χ1n) is 7.52. The standard InChI is InChI=1S/C15H16N6O3/c1-11-17-15(18-24-11)10-19-4-6-20(7-5-19)13-2-3-14(21(22)23)12(8-13)9-16/h2-3,8H,4-7,10H2,1H3. The molecule has 0 aliphatic carbocycles. The molecule has 0 bridgehead atoms. The third-order valence-corrected chi connectivity index (χ3v) is 3.97. The van der Waals surface area contributed by atoms with Crippen molar-refractivity contribution in [1.82, 2.24) is 15.0 Å². The summed E-state index contributed by atoms with van der Waals surface area (Å²) in [6.45, 7) is 5.54. The van der Waals surface area contributed by atoms with Gasteiger partial charge in [0.05, 0.1) is 11.5 Å². The second-order valence-electron chi connectivity index (χ2n) is 5.56. The molecule has 24 heavy (non-hydrogen) atoms. The van der Waals surface area contributed by atoms with Crippen LogP contribution in [0.2, 0.25) is 0 Å². The largest absolute Gasteiger partial charge is 0.369 e. The van der Waals surface area contributed by atoms with E-state index in [1.54, 1.807) is 19.1 Å². The Morgan fingerprint density at radius 2 is 2.12 bits per heavy atom. The Kier molecular flexibility index (Phi) is 4.39. The molecular weight excluding hydrogens is 312 g/mol. The van der Waals surface area contributed by atoms with Crippen molar-refractivity contribution in [2.75, 3.05) is 31.1 Å². The van der Waals surface area contributed by atoms with Crippen LogP contribution in [-0.4, -0.2) is 46.1 Å². The van der Waals surface area contributed by atoms with Crippen LogP contribution in [0.5, 0.6) is 0 Å². The lowest BCUT2D eigenvalue weighted by atomic mass is 10.1. The van der Waals surface area contributed by atoms with Crippen LogP contribution in [0.3, 0.4) is 0 Å². The van der Waals surface area contributed by atoms with Gasteiger partial charge >= 0.3 is 0 Å². The number of nitrogens with zero attached hydrogens (tertiary/aromatic N) is 6. The van der Waals surface area contributed by atoms with Gasteiger partial charge in [-0.2, -0.15) is 10.2 Å². The van der Waals surface area contributed by atoms with Gasteiger partial charge in [-0.3, -0.25) is 15.0 Å². The van der Waals surface area contributed by atoms with Crippen LogP contribution in [0.4, 0.5) is 11.4 Å². The number of piperazine rings is 1. The van der Waals surface area contributed by atoms with Gasteiger partial charge in [-0.15, -0.1) is 0 Å². The summed E-state index contributed by atoms with van der Waals surface area (Å²) in [4.78, 5) is 18.9. The molecule has 0 saturated carbocycles. The number of aryl methyl sites for hydroxylation is 1. The van der Waals surface area contributed by atoms with E-state index in [4.69, 9.17) is 9.78 Å². The fourth-order valence-electron chi connectivity index (χ4n) is 2.74. The van der Waals surface area contributed by atoms with Crippen molar-refractivity contribution in [3.8, 4) is 6.07 Å². The molecule has 1 aliphatic rings. The lowest BCUT2D eigenvalue weighted by Gasteiger charge is -2.35. The first-order valence-corrected chi connectivity index (χ1v) is 7.52. The Hall–Kier alpha value is -2.99. The fourth-order valence-corrected chi connectivity index (χ4v) is 2.74. The second-order valence-corrected chi connectivity index (χ2v) is 5.56. The van der Waals surface area contributed by atoms with E-state index >= 15 is 0 Å². The van der Waals surface area contributed by atoms with E-state index in [0.29, 0.717) is 18.3 Å². The molecule has 1 saturated heterocycles. The maximum Gasteiger partial charge on any atom is 0.287 e. The van der Waals surface area contributed by atoms with Crippen LogP contribution in [0.25, 0.3) is 0 Å². The minimum Gasteiger partial charge on any atom is -0.369 e. The molecule has 3 rings (SSSR count). The molecular formula is C15H16N6O3. The quantitative estimate of drug-likeness (QED) is 0.612. The maximum absolute atomic E-state index is 10.9. The van der Waals surface area contributed by atoms with E-state index in [9.17, 15) is 10.1 Å². The van der Waals surface area contributed by atoms with Gasteiger partial charge < -0.3 is 9.42 Å². The smallest absolute Gasteiger partial charge is 0.287 e. The SMILES string of the molecule is Cc1nc(CN2CCN(c3ccc([N+](=O)[O-])c(C#N)c3)CC2)no1. The molecule has 124 valence electrons. The molecule has 0 amide bonds. The van der Waals surface area contributed by atoms with Gasteiger partial charge in [-0.1, -0.05) is 5.16 Å². The Bertz CT molecular complexity index is 789. The molecule has 0 atom stereocenters. The summed E-state index contributed by atoms with van der Waals surface area (Å²) in [7, 11) is 0. The maximum atomic E-state index is 10.9. The number of aromatic nitrogens is 2. The first kappa shape index (κ1) is 15.9. The number of anilines is 1. The highest BCUT2D eigenvalue weighted by atomic mass is 16.6. The molecule has 0 N–H and O–H groups in total. The Balaban J connectivity index is 1.64. The van der Waals surface area contributed by atoms with Crippen molar-refractivity contribution < 1.29 is 9.45 Å². The third kappa shape index (κ3) is 3.33. The number of nitriles is 1. The zero-order valence-corrected chi connectivity index (χ0v) is 13.2. The summed E-state index contributed by atoms with van der Waals surface area (Å²) in [5.74, 6) is 1.22. The van der Waals surface area contributed by atoms with Crippen molar-refractivity contribution in [2.24, 2.45) is 0 Å². The van der Waals surface area contributed by atoms with Gasteiger partial charge in [0.2, 0.25) is 5.89 Å². The lowest BCUT2D eigenvalue weighted by Crippen LogP contribution is -2.46. The molecule has 0 radical (unpaired) electrons. The van der Waals surface area contributed by atoms with Crippen LogP contribution >= 0.6 is 0 Å². The molecule has 1 aromatic heterocycles. The Morgan fingerprint density at radius 3 is 2.71 bits per heavy atom. The summed E-state index contributed by atoms with van der Waals surface area (Å²) in [6.07, 6.45) is 0. The van der Waals surface area contributed by atoms with E-state index < -0.39 is 4.92 Å². The van der Waals surface area contributed by atoms with Crippen LogP contribution in [0.1, 0.15) is 17.3 Å². The molecule has 0 spiro atoms. The van der Waals surface area contributed by atoms with Crippen molar-refractivity contribution in [1.29, 1.82) is 5.26 Å². The highest BCUT2D eigenvalue weighted by molar-refractivity contribution is 5.60. The van der Waals surface area contributed by atoms with Gasteiger partial charge in [0, 0.05) is 44.9 Å². The zero-order chi connectivity index (χ0) is 17.1. The number of rotatable bonds is 4. The molecule has 9 nitrogen and oxygen atoms in total. The van der Waals surface area contributed by atoms with Crippen molar-refractivity contribution in [3.63, 3.8) is 0 Å². The Morgan fingerprint density at radius 1 is 1.38 bits per heavy atom. The van der Waals surface area contributed by atoms with Gasteiger partial charge in [0.15, 0.2) is 5.82 Å². The average Bonchev–Trinajstić information content (AvgIpc) is 2.99. The number of nitro benzene ring substituents is 1. The van der Waals surface area contributed by atoms with Crippen molar-refractivity contribution in [2.45, 2.75) is 13.5 Å². The number of hydrogen-bond donors (Lipinski definition) is 0. The lowest BCUT2D eigenvalue weighted by molar-refractivity contribution is -0.385. The highest BCUT2D eigenvalue weighted by Crippen LogP contribution is 2.25. The minimum absolute atomic E-state index is 0.0854. The van der Waals surface area contributed by atoms with Crippen LogP contribution in [-0.2, 0) is 6.54 Å². The Labute approximate surface area is 138 Å². The third-order valence-electron chi connectivity index (χ3n) is 3.97. The van der Waals surface area contributed by atoms with E-state index in [-0.39, 0.29) is 11.3 Å². The average molecular weight is 328 g/mol. The van der Waals surface area contributed by atoms with Gasteiger partial charge in [-0.05, 0) is 12.1 Å². The second kappa shape index (κ2) is 6.64. The topological polar surface area (TPSA) is 112 Å². The molecule has 1 aromatic carbocycles. The van der Waals surface area contributed by atoms with E-state index in [0.717, 1.165) is 31.9 Å². The molecule has 2 heterocycles. The summed E-state index contributed by atoms with van der Waals surface area (Å²) < 4.78 is 4.97. The molecule has 0 unspecified atom stereocenters. The van der Waals surface area contributed by atoms with Crippen molar-refractivity contribution in [3.05, 3.63) is 45.6 Å². The van der Waals surface area contributed by atoms with Crippen LogP contribution in [0.15, 0.2) is 22.7 Å². The van der Waals surface area contributed by atoms with Crippen molar-refractivity contribution >= 4 is 11.4 Å². The molecule has 1 aliphatic heterocycles. The molecule has 9 heteroatoms. The first-order chi connectivity index (χ1) is 11.6. The van der Waals surface area contributed by atoms with Gasteiger partial charge in [0.1, 0.15) is 11.6 Å². The molecule has 1 fully saturated rings. The predicted octanol–water partition coefficient (Wildman–Crippen LogP) is 1.48. The normalized spacial score (nSPS) is 15.2. The van der Waals surface area contributed by atoms with Gasteiger partial charge in [0.25, 0.3) is 5.69 Å². The predicted molar refractivity (Wildman–Crippen MR) is 84.3 cm³/mol. The summed E-state index contributed by atoms with van der Waals surface area (Å²) in [5, 5.41) is 23.9. The molecule has 2 aromatic rings. The van der Waals surface area contributed by atoms with Crippen LogP contribution in [0, 0.1) is 28.4 Å². The van der Waals surface area contributed by atoms with Gasteiger partial charge in [-0.25, -0.2) is 0 Å². The number of benzene rings is 1. The van der Waals surface area contributed by atoms with Crippen LogP contribution < -0.4 is 4.90 Å². The monoisotopic (exact) mass is 328 g/mol. The minimum atomic E-state index is -0.535. The summed E-state index contributed by atoms with van der Waals surface area (Å²) in [6, 6.07) is 6.56. The van der Waals surface area contributed by atoms with E-state index in [2.05, 4.69) is 19.9 Å². The highest BCUT2D eigenvalue weighted by Gasteiger charge is 2.21. The van der Waals surface area contributed by atoms with E-state index in [1.165, 1.54) is 6.07 Å². The number of hydrogen-bond acceptors (Lipinski definition) is 8. The summed E-state index contributed by atoms with van der Waals surface area (Å²) in [5.41, 5.74) is 0.752. The zero-order valence-electron chi connectivity index (χ0n) is 13.2. The number of nitro groups is 1. The fraction of sp³-hybridized carbons (Fsp3) is 0.400. The van der Waals surface area contributed by atoms with E-state index in [1.807, 2.05) is 6.07 Å². The summed E-state index contributed by atoms with van der Waals surface area (Å²) >= 11 is 0.